The van der Waals surface area contributed by atoms with Gasteiger partial charge in [0.25, 0.3) is 11.8 Å². The number of nitrogens with zero attached hydrogens (tertiary/aromatic N) is 4. The van der Waals surface area contributed by atoms with E-state index in [9.17, 15) is 9.59 Å². The average Bonchev–Trinajstić information content (AvgIpc) is 3.42. The predicted octanol–water partition coefficient (Wildman–Crippen LogP) is 4.19. The zero-order valence-corrected chi connectivity index (χ0v) is 23.5. The van der Waals surface area contributed by atoms with Gasteiger partial charge in [0.1, 0.15) is 17.3 Å². The summed E-state index contributed by atoms with van der Waals surface area (Å²) < 4.78 is 0. The third kappa shape index (κ3) is 6.68. The molecule has 1 aliphatic heterocycles. The van der Waals surface area contributed by atoms with Crippen LogP contribution in [0.15, 0.2) is 42.5 Å². The first-order valence-corrected chi connectivity index (χ1v) is 13.6. The van der Waals surface area contributed by atoms with E-state index in [4.69, 9.17) is 10.7 Å². The van der Waals surface area contributed by atoms with Gasteiger partial charge in [-0.15, -0.1) is 0 Å². The van der Waals surface area contributed by atoms with E-state index in [1.165, 1.54) is 0 Å². The maximum atomic E-state index is 12.9. The first kappa shape index (κ1) is 27.9. The van der Waals surface area contributed by atoms with Gasteiger partial charge in [-0.05, 0) is 69.2 Å². The Kier molecular flexibility index (Phi) is 8.42. The Labute approximate surface area is 230 Å². The lowest BCUT2D eigenvalue weighted by Gasteiger charge is -2.34. The summed E-state index contributed by atoms with van der Waals surface area (Å²) in [6, 6.07) is 13.3. The van der Waals surface area contributed by atoms with E-state index < -0.39 is 5.91 Å². The SMILES string of the molecule is CCN(CC)c1ccc(Nc2nc(N3CCC[C@@H](NC(=O)c4cc(C(C)(C)C)n[nH]4)C3)ccc2C(N)=O)cc1. The molecule has 2 amide bonds. The van der Waals surface area contributed by atoms with Gasteiger partial charge < -0.3 is 26.2 Å². The lowest BCUT2D eigenvalue weighted by Crippen LogP contribution is -2.48. The van der Waals surface area contributed by atoms with Crippen LogP contribution in [-0.2, 0) is 5.41 Å². The van der Waals surface area contributed by atoms with Gasteiger partial charge in [0, 0.05) is 49.0 Å². The number of rotatable bonds is 9. The lowest BCUT2D eigenvalue weighted by atomic mass is 9.92. The summed E-state index contributed by atoms with van der Waals surface area (Å²) in [6.45, 7) is 13.7. The van der Waals surface area contributed by atoms with E-state index in [0.717, 1.165) is 55.4 Å². The molecule has 0 spiro atoms. The first-order chi connectivity index (χ1) is 18.6. The number of nitrogens with two attached hydrogens (primary N) is 1. The number of anilines is 4. The predicted molar refractivity (Wildman–Crippen MR) is 156 cm³/mol. The van der Waals surface area contributed by atoms with Crippen molar-refractivity contribution in [3.05, 3.63) is 59.4 Å². The summed E-state index contributed by atoms with van der Waals surface area (Å²) in [5, 5.41) is 13.6. The van der Waals surface area contributed by atoms with Crippen LogP contribution < -0.4 is 26.2 Å². The summed E-state index contributed by atoms with van der Waals surface area (Å²) in [6.07, 6.45) is 1.77. The minimum Gasteiger partial charge on any atom is -0.372 e. The molecule has 0 aliphatic carbocycles. The number of aromatic amines is 1. The van der Waals surface area contributed by atoms with Crippen molar-refractivity contribution in [2.24, 2.45) is 5.73 Å². The highest BCUT2D eigenvalue weighted by atomic mass is 16.2. The minimum atomic E-state index is -0.547. The van der Waals surface area contributed by atoms with Gasteiger partial charge in [-0.1, -0.05) is 20.8 Å². The number of H-pyrrole nitrogens is 1. The number of primary amides is 1. The molecule has 0 saturated carbocycles. The summed E-state index contributed by atoms with van der Waals surface area (Å²) in [7, 11) is 0. The lowest BCUT2D eigenvalue weighted by molar-refractivity contribution is 0.0927. The molecule has 10 heteroatoms. The van der Waals surface area contributed by atoms with E-state index in [2.05, 4.69) is 65.2 Å². The number of hydrogen-bond acceptors (Lipinski definition) is 7. The fourth-order valence-corrected chi connectivity index (χ4v) is 4.79. The Morgan fingerprint density at radius 3 is 2.46 bits per heavy atom. The minimum absolute atomic E-state index is 0.0470. The number of pyridine rings is 1. The van der Waals surface area contributed by atoms with E-state index >= 15 is 0 Å². The largest absolute Gasteiger partial charge is 0.372 e. The zero-order valence-electron chi connectivity index (χ0n) is 23.5. The van der Waals surface area contributed by atoms with Crippen molar-refractivity contribution < 1.29 is 9.59 Å². The van der Waals surface area contributed by atoms with Crippen molar-refractivity contribution in [2.45, 2.75) is 58.9 Å². The second kappa shape index (κ2) is 11.8. The number of aromatic nitrogens is 3. The van der Waals surface area contributed by atoms with Crippen LogP contribution in [0.4, 0.5) is 23.0 Å². The summed E-state index contributed by atoms with van der Waals surface area (Å²) in [4.78, 5) is 34.2. The number of benzene rings is 1. The van der Waals surface area contributed by atoms with Gasteiger partial charge in [-0.25, -0.2) is 4.98 Å². The molecule has 208 valence electrons. The van der Waals surface area contributed by atoms with Gasteiger partial charge in [-0.2, -0.15) is 5.10 Å². The molecule has 1 saturated heterocycles. The quantitative estimate of drug-likeness (QED) is 0.325. The zero-order chi connectivity index (χ0) is 28.2. The van der Waals surface area contributed by atoms with Crippen molar-refractivity contribution in [3.63, 3.8) is 0 Å². The van der Waals surface area contributed by atoms with Gasteiger partial charge >= 0.3 is 0 Å². The highest BCUT2D eigenvalue weighted by molar-refractivity contribution is 5.98. The Morgan fingerprint density at radius 2 is 1.85 bits per heavy atom. The number of hydrogen-bond donors (Lipinski definition) is 4. The molecule has 1 atom stereocenters. The number of carbonyl (C=O) groups excluding carboxylic acids is 2. The number of amides is 2. The first-order valence-electron chi connectivity index (χ1n) is 13.6. The normalized spacial score (nSPS) is 15.6. The van der Waals surface area contributed by atoms with E-state index in [0.29, 0.717) is 23.6 Å². The van der Waals surface area contributed by atoms with Crippen LogP contribution in [0.2, 0.25) is 0 Å². The molecule has 1 fully saturated rings. The molecule has 1 aliphatic rings. The molecule has 10 nitrogen and oxygen atoms in total. The van der Waals surface area contributed by atoms with Gasteiger partial charge in [0.2, 0.25) is 0 Å². The highest BCUT2D eigenvalue weighted by Crippen LogP contribution is 2.27. The number of carbonyl (C=O) groups is 2. The van der Waals surface area contributed by atoms with Crippen molar-refractivity contribution in [2.75, 3.05) is 41.3 Å². The van der Waals surface area contributed by atoms with Crippen LogP contribution in [-0.4, -0.2) is 59.2 Å². The molecule has 0 radical (unpaired) electrons. The summed E-state index contributed by atoms with van der Waals surface area (Å²) in [5.74, 6) is 0.415. The molecule has 3 aromatic rings. The van der Waals surface area contributed by atoms with Crippen LogP contribution in [0.3, 0.4) is 0 Å². The van der Waals surface area contributed by atoms with Crippen molar-refractivity contribution >= 4 is 34.8 Å². The number of nitrogens with one attached hydrogen (secondary N) is 3. The molecule has 1 aromatic carbocycles. The molecule has 0 unspecified atom stereocenters. The Balaban J connectivity index is 1.48. The molecular formula is C29H40N8O2. The fourth-order valence-electron chi connectivity index (χ4n) is 4.79. The van der Waals surface area contributed by atoms with E-state index in [-0.39, 0.29) is 17.4 Å². The van der Waals surface area contributed by atoms with E-state index in [1.54, 1.807) is 6.07 Å². The van der Waals surface area contributed by atoms with Crippen LogP contribution in [0.1, 0.15) is 74.0 Å². The highest BCUT2D eigenvalue weighted by Gasteiger charge is 2.26. The molecule has 4 rings (SSSR count). The molecule has 5 N–H and O–H groups in total. The topological polar surface area (TPSA) is 132 Å². The van der Waals surface area contributed by atoms with Crippen LogP contribution in [0, 0.1) is 0 Å². The number of piperidine rings is 1. The maximum absolute atomic E-state index is 12.9. The Hall–Kier alpha value is -4.08. The molecule has 3 heterocycles. The average molecular weight is 533 g/mol. The molecule has 2 aromatic heterocycles. The second-order valence-corrected chi connectivity index (χ2v) is 10.9. The standard InChI is InChI=1S/C29H40N8O2/c1-6-36(7-2)21-12-10-19(11-13-21)31-27-22(26(30)38)14-15-25(33-27)37-16-8-9-20(18-37)32-28(39)23-17-24(35-34-23)29(3,4)5/h10-15,17,20H,6-9,16,18H2,1-5H3,(H2,30,38)(H,31,33)(H,32,39)(H,34,35)/t20-/m1/s1. The molecule has 39 heavy (non-hydrogen) atoms. The third-order valence-corrected chi connectivity index (χ3v) is 7.08. The van der Waals surface area contributed by atoms with Crippen LogP contribution >= 0.6 is 0 Å². The smallest absolute Gasteiger partial charge is 0.269 e. The van der Waals surface area contributed by atoms with Crippen LogP contribution in [0.5, 0.6) is 0 Å². The van der Waals surface area contributed by atoms with Gasteiger partial charge in [0.15, 0.2) is 0 Å². The summed E-state index contributed by atoms with van der Waals surface area (Å²) >= 11 is 0. The second-order valence-electron chi connectivity index (χ2n) is 10.9. The monoisotopic (exact) mass is 532 g/mol. The third-order valence-electron chi connectivity index (χ3n) is 7.08. The Bertz CT molecular complexity index is 1290. The van der Waals surface area contributed by atoms with Gasteiger partial charge in [0.05, 0.1) is 11.3 Å². The maximum Gasteiger partial charge on any atom is 0.269 e. The Morgan fingerprint density at radius 1 is 1.13 bits per heavy atom. The molecule has 0 bridgehead atoms. The van der Waals surface area contributed by atoms with Crippen molar-refractivity contribution in [1.29, 1.82) is 0 Å². The molecular weight excluding hydrogens is 492 g/mol. The van der Waals surface area contributed by atoms with Crippen molar-refractivity contribution in [1.82, 2.24) is 20.5 Å². The summed E-state index contributed by atoms with van der Waals surface area (Å²) in [5.41, 5.74) is 9.10. The van der Waals surface area contributed by atoms with Gasteiger partial charge in [-0.3, -0.25) is 14.7 Å². The van der Waals surface area contributed by atoms with E-state index in [1.807, 2.05) is 36.4 Å². The fraction of sp³-hybridized carbons (Fsp3) is 0.448. The van der Waals surface area contributed by atoms with Crippen LogP contribution in [0.25, 0.3) is 0 Å². The van der Waals surface area contributed by atoms with Crippen molar-refractivity contribution in [3.8, 4) is 0 Å².